The summed E-state index contributed by atoms with van der Waals surface area (Å²) in [7, 11) is 0. The summed E-state index contributed by atoms with van der Waals surface area (Å²) in [6, 6.07) is 0. The Hall–Kier alpha value is -1.36. The van der Waals surface area contributed by atoms with Crippen LogP contribution in [0, 0.1) is 5.92 Å². The lowest BCUT2D eigenvalue weighted by molar-refractivity contribution is 0.249. The molecule has 0 saturated carbocycles. The maximum atomic E-state index is 4.66. The van der Waals surface area contributed by atoms with Gasteiger partial charge in [0.25, 0.3) is 0 Å². The normalized spacial score (nSPS) is 20.9. The molecule has 21 heavy (non-hydrogen) atoms. The second-order valence-electron chi connectivity index (χ2n) is 6.23. The largest absolute Gasteiger partial charge is 0.369 e. The average molecular weight is 289 g/mol. The van der Waals surface area contributed by atoms with Crippen LogP contribution in [0.1, 0.15) is 32.6 Å². The van der Waals surface area contributed by atoms with E-state index < -0.39 is 0 Å². The fourth-order valence-corrected chi connectivity index (χ4v) is 3.45. The van der Waals surface area contributed by atoms with Crippen molar-refractivity contribution in [3.63, 3.8) is 0 Å². The SMILES string of the molecule is CCNc1cncc(N2CCC(CN3CCCC3)CC2)n1. The summed E-state index contributed by atoms with van der Waals surface area (Å²) in [5.41, 5.74) is 0. The monoisotopic (exact) mass is 289 g/mol. The van der Waals surface area contributed by atoms with Crippen molar-refractivity contribution >= 4 is 11.6 Å². The number of nitrogens with zero attached hydrogens (tertiary/aromatic N) is 4. The van der Waals surface area contributed by atoms with Crippen LogP contribution in [0.2, 0.25) is 0 Å². The third kappa shape index (κ3) is 3.84. The van der Waals surface area contributed by atoms with E-state index in [1.54, 1.807) is 6.20 Å². The third-order valence-electron chi connectivity index (χ3n) is 4.63. The summed E-state index contributed by atoms with van der Waals surface area (Å²) in [5, 5.41) is 3.24. The lowest BCUT2D eigenvalue weighted by Crippen LogP contribution is -2.38. The van der Waals surface area contributed by atoms with Crippen molar-refractivity contribution in [3.05, 3.63) is 12.4 Å². The van der Waals surface area contributed by atoms with Crippen LogP contribution in [0.25, 0.3) is 0 Å². The van der Waals surface area contributed by atoms with Gasteiger partial charge in [-0.2, -0.15) is 0 Å². The predicted octanol–water partition coefficient (Wildman–Crippen LogP) is 2.22. The van der Waals surface area contributed by atoms with E-state index >= 15 is 0 Å². The smallest absolute Gasteiger partial charge is 0.149 e. The number of piperidine rings is 1. The molecule has 3 heterocycles. The zero-order valence-corrected chi connectivity index (χ0v) is 13.1. The van der Waals surface area contributed by atoms with Gasteiger partial charge in [0.2, 0.25) is 0 Å². The van der Waals surface area contributed by atoms with Crippen molar-refractivity contribution in [2.75, 3.05) is 49.5 Å². The van der Waals surface area contributed by atoms with E-state index in [0.29, 0.717) is 0 Å². The minimum absolute atomic E-state index is 0.865. The minimum Gasteiger partial charge on any atom is -0.369 e. The molecule has 0 radical (unpaired) electrons. The number of hydrogen-bond acceptors (Lipinski definition) is 5. The third-order valence-corrected chi connectivity index (χ3v) is 4.63. The van der Waals surface area contributed by atoms with Gasteiger partial charge in [-0.05, 0) is 51.6 Å². The summed E-state index contributed by atoms with van der Waals surface area (Å²) in [6.45, 7) is 9.13. The first-order valence-electron chi connectivity index (χ1n) is 8.38. The highest BCUT2D eigenvalue weighted by Gasteiger charge is 2.23. The molecule has 2 aliphatic heterocycles. The van der Waals surface area contributed by atoms with E-state index in [1.165, 1.54) is 45.3 Å². The Labute approximate surface area is 127 Å². The van der Waals surface area contributed by atoms with Crippen molar-refractivity contribution < 1.29 is 0 Å². The Morgan fingerprint density at radius 1 is 1.14 bits per heavy atom. The molecule has 2 fully saturated rings. The molecule has 0 aliphatic carbocycles. The van der Waals surface area contributed by atoms with Crippen molar-refractivity contribution in [1.29, 1.82) is 0 Å². The Morgan fingerprint density at radius 2 is 1.90 bits per heavy atom. The number of likely N-dealkylation sites (tertiary alicyclic amines) is 1. The number of hydrogen-bond donors (Lipinski definition) is 1. The molecule has 3 rings (SSSR count). The molecule has 0 spiro atoms. The van der Waals surface area contributed by atoms with E-state index in [9.17, 15) is 0 Å². The molecule has 0 atom stereocenters. The van der Waals surface area contributed by atoms with Gasteiger partial charge < -0.3 is 15.1 Å². The fourth-order valence-electron chi connectivity index (χ4n) is 3.45. The van der Waals surface area contributed by atoms with Gasteiger partial charge in [-0.1, -0.05) is 0 Å². The van der Waals surface area contributed by atoms with Gasteiger partial charge in [0.15, 0.2) is 0 Å². The molecule has 1 aromatic rings. The highest BCUT2D eigenvalue weighted by atomic mass is 15.2. The van der Waals surface area contributed by atoms with Crippen LogP contribution >= 0.6 is 0 Å². The fraction of sp³-hybridized carbons (Fsp3) is 0.750. The molecule has 0 unspecified atom stereocenters. The predicted molar refractivity (Wildman–Crippen MR) is 86.8 cm³/mol. The maximum absolute atomic E-state index is 4.66. The molecule has 1 aromatic heterocycles. The van der Waals surface area contributed by atoms with E-state index in [0.717, 1.165) is 37.2 Å². The Kier molecular flexibility index (Phi) is 4.91. The molecule has 1 N–H and O–H groups in total. The zero-order valence-electron chi connectivity index (χ0n) is 13.1. The van der Waals surface area contributed by atoms with Crippen molar-refractivity contribution in [3.8, 4) is 0 Å². The molecule has 116 valence electrons. The number of aromatic nitrogens is 2. The Bertz CT molecular complexity index is 436. The average Bonchev–Trinajstić information content (AvgIpc) is 3.02. The molecule has 0 bridgehead atoms. The van der Waals surface area contributed by atoms with Crippen LogP contribution < -0.4 is 10.2 Å². The lowest BCUT2D eigenvalue weighted by Gasteiger charge is -2.34. The van der Waals surface area contributed by atoms with E-state index in [1.807, 2.05) is 6.20 Å². The van der Waals surface area contributed by atoms with Crippen molar-refractivity contribution in [1.82, 2.24) is 14.9 Å². The Morgan fingerprint density at radius 3 is 2.62 bits per heavy atom. The van der Waals surface area contributed by atoms with Crippen LogP contribution in [0.3, 0.4) is 0 Å². The first-order chi connectivity index (χ1) is 10.3. The second kappa shape index (κ2) is 7.07. The molecule has 0 amide bonds. The van der Waals surface area contributed by atoms with Crippen LogP contribution in [0.15, 0.2) is 12.4 Å². The zero-order chi connectivity index (χ0) is 14.5. The summed E-state index contributed by atoms with van der Waals surface area (Å²) < 4.78 is 0. The van der Waals surface area contributed by atoms with E-state index in [2.05, 4.69) is 32.0 Å². The van der Waals surface area contributed by atoms with Gasteiger partial charge >= 0.3 is 0 Å². The van der Waals surface area contributed by atoms with Gasteiger partial charge in [0, 0.05) is 26.2 Å². The summed E-state index contributed by atoms with van der Waals surface area (Å²) in [5.74, 6) is 2.77. The molecule has 2 aliphatic rings. The number of anilines is 2. The van der Waals surface area contributed by atoms with E-state index in [-0.39, 0.29) is 0 Å². The molecule has 5 nitrogen and oxygen atoms in total. The van der Waals surface area contributed by atoms with Crippen LogP contribution in [-0.4, -0.2) is 54.1 Å². The lowest BCUT2D eigenvalue weighted by atomic mass is 9.96. The Balaban J connectivity index is 1.51. The molecular weight excluding hydrogens is 262 g/mol. The van der Waals surface area contributed by atoms with Crippen LogP contribution in [0.5, 0.6) is 0 Å². The molecule has 5 heteroatoms. The quantitative estimate of drug-likeness (QED) is 0.900. The second-order valence-corrected chi connectivity index (χ2v) is 6.23. The van der Waals surface area contributed by atoms with Gasteiger partial charge in [-0.3, -0.25) is 4.98 Å². The molecule has 0 aromatic carbocycles. The topological polar surface area (TPSA) is 44.3 Å². The number of nitrogens with one attached hydrogen (secondary N) is 1. The van der Waals surface area contributed by atoms with E-state index in [4.69, 9.17) is 0 Å². The highest BCUT2D eigenvalue weighted by molar-refractivity contribution is 5.44. The van der Waals surface area contributed by atoms with Crippen LogP contribution in [-0.2, 0) is 0 Å². The van der Waals surface area contributed by atoms with Crippen molar-refractivity contribution in [2.24, 2.45) is 5.92 Å². The van der Waals surface area contributed by atoms with Gasteiger partial charge in [0.05, 0.1) is 12.4 Å². The summed E-state index contributed by atoms with van der Waals surface area (Å²) >= 11 is 0. The first-order valence-corrected chi connectivity index (χ1v) is 8.38. The highest BCUT2D eigenvalue weighted by Crippen LogP contribution is 2.24. The van der Waals surface area contributed by atoms with Crippen molar-refractivity contribution in [2.45, 2.75) is 32.6 Å². The first kappa shape index (κ1) is 14.6. The minimum atomic E-state index is 0.865. The summed E-state index contributed by atoms with van der Waals surface area (Å²) in [4.78, 5) is 14.0. The standard InChI is InChI=1S/C16H27N5/c1-2-18-15-11-17-12-16(19-15)21-9-5-14(6-10-21)13-20-7-3-4-8-20/h11-12,14H,2-10,13H2,1H3,(H,18,19). The van der Waals surface area contributed by atoms with Gasteiger partial charge in [-0.25, -0.2) is 4.98 Å². The van der Waals surface area contributed by atoms with Gasteiger partial charge in [0.1, 0.15) is 11.6 Å². The summed E-state index contributed by atoms with van der Waals surface area (Å²) in [6.07, 6.45) is 9.04. The molecular formula is C16H27N5. The van der Waals surface area contributed by atoms with Gasteiger partial charge in [-0.15, -0.1) is 0 Å². The maximum Gasteiger partial charge on any atom is 0.149 e. The number of rotatable bonds is 5. The van der Waals surface area contributed by atoms with Crippen LogP contribution in [0.4, 0.5) is 11.6 Å². The molecule has 2 saturated heterocycles.